The number of anilines is 1. The van der Waals surface area contributed by atoms with Crippen molar-refractivity contribution in [1.82, 2.24) is 10.3 Å². The van der Waals surface area contributed by atoms with E-state index in [9.17, 15) is 9.59 Å². The first kappa shape index (κ1) is 19.3. The fraction of sp³-hybridized carbons (Fsp3) is 0.190. The van der Waals surface area contributed by atoms with Gasteiger partial charge in [-0.25, -0.2) is 0 Å². The summed E-state index contributed by atoms with van der Waals surface area (Å²) in [5, 5.41) is 5.60. The molecule has 0 saturated heterocycles. The van der Waals surface area contributed by atoms with Crippen molar-refractivity contribution in [3.8, 4) is 0 Å². The van der Waals surface area contributed by atoms with Gasteiger partial charge < -0.3 is 19.8 Å². The van der Waals surface area contributed by atoms with Crippen LogP contribution >= 0.6 is 0 Å². The fourth-order valence-electron chi connectivity index (χ4n) is 2.48. The highest BCUT2D eigenvalue weighted by molar-refractivity contribution is 6.04. The zero-order valence-corrected chi connectivity index (χ0v) is 15.3. The Morgan fingerprint density at radius 1 is 1.04 bits per heavy atom. The predicted octanol–water partition coefficient (Wildman–Crippen LogP) is 3.26. The third-order valence-corrected chi connectivity index (χ3v) is 3.88. The van der Waals surface area contributed by atoms with Crippen LogP contribution in [0.25, 0.3) is 0 Å². The number of pyridine rings is 1. The van der Waals surface area contributed by atoms with Crippen LogP contribution in [0, 0.1) is 0 Å². The number of nitrogens with one attached hydrogen (secondary N) is 2. The molecule has 3 aromatic rings. The van der Waals surface area contributed by atoms with E-state index in [0.29, 0.717) is 43.0 Å². The summed E-state index contributed by atoms with van der Waals surface area (Å²) in [6.07, 6.45) is 5.37. The van der Waals surface area contributed by atoms with E-state index in [1.165, 1.54) is 6.20 Å². The van der Waals surface area contributed by atoms with Crippen molar-refractivity contribution in [2.45, 2.75) is 13.0 Å². The van der Waals surface area contributed by atoms with Gasteiger partial charge in [0.15, 0.2) is 0 Å². The minimum Gasteiger partial charge on any atom is -0.467 e. The first-order valence-electron chi connectivity index (χ1n) is 8.92. The number of hydrogen-bond acceptors (Lipinski definition) is 5. The summed E-state index contributed by atoms with van der Waals surface area (Å²) in [6, 6.07) is 13.8. The zero-order chi connectivity index (χ0) is 19.6. The van der Waals surface area contributed by atoms with Crippen LogP contribution in [0.2, 0.25) is 0 Å². The molecule has 0 unspecified atom stereocenters. The molecule has 0 atom stereocenters. The van der Waals surface area contributed by atoms with Crippen molar-refractivity contribution in [2.24, 2.45) is 0 Å². The molecule has 0 fully saturated rings. The number of nitrogens with zero attached hydrogens (tertiary/aromatic N) is 1. The summed E-state index contributed by atoms with van der Waals surface area (Å²) >= 11 is 0. The molecule has 7 nitrogen and oxygen atoms in total. The average Bonchev–Trinajstić information content (AvgIpc) is 3.25. The monoisotopic (exact) mass is 379 g/mol. The number of benzene rings is 1. The molecule has 2 heterocycles. The van der Waals surface area contributed by atoms with Gasteiger partial charge in [-0.2, -0.15) is 0 Å². The minimum atomic E-state index is -0.278. The number of carbonyl (C=O) groups excluding carboxylic acids is 2. The summed E-state index contributed by atoms with van der Waals surface area (Å²) in [5.74, 6) is 0.289. The number of rotatable bonds is 9. The van der Waals surface area contributed by atoms with Crippen molar-refractivity contribution in [3.63, 3.8) is 0 Å². The highest BCUT2D eigenvalue weighted by Crippen LogP contribution is 2.12. The van der Waals surface area contributed by atoms with E-state index < -0.39 is 0 Å². The molecular weight excluding hydrogens is 358 g/mol. The normalized spacial score (nSPS) is 10.4. The van der Waals surface area contributed by atoms with Gasteiger partial charge >= 0.3 is 0 Å². The van der Waals surface area contributed by atoms with E-state index in [4.69, 9.17) is 9.15 Å². The summed E-state index contributed by atoms with van der Waals surface area (Å²) in [7, 11) is 0. The summed E-state index contributed by atoms with van der Waals surface area (Å²) < 4.78 is 10.6. The van der Waals surface area contributed by atoms with Crippen molar-refractivity contribution in [2.75, 3.05) is 18.5 Å². The molecular formula is C21H21N3O4. The molecule has 0 saturated carbocycles. The molecule has 2 N–H and O–H groups in total. The molecule has 1 aromatic carbocycles. The van der Waals surface area contributed by atoms with Crippen LogP contribution in [-0.2, 0) is 11.3 Å². The number of aromatic nitrogens is 1. The molecule has 3 rings (SSSR count). The van der Waals surface area contributed by atoms with Gasteiger partial charge in [0.25, 0.3) is 11.8 Å². The van der Waals surface area contributed by atoms with E-state index in [-0.39, 0.29) is 11.8 Å². The minimum absolute atomic E-state index is 0.205. The van der Waals surface area contributed by atoms with E-state index in [2.05, 4.69) is 15.6 Å². The lowest BCUT2D eigenvalue weighted by Crippen LogP contribution is -2.25. The standard InChI is InChI=1S/C21H21N3O4/c25-20(23-10-4-11-27-15-19-8-3-12-28-19)16-5-1-7-18(13-16)24-21(26)17-6-2-9-22-14-17/h1-3,5-9,12-14H,4,10-11,15H2,(H,23,25)(H,24,26). The van der Waals surface area contributed by atoms with Crippen molar-refractivity contribution in [3.05, 3.63) is 84.1 Å². The molecule has 0 spiro atoms. The maximum absolute atomic E-state index is 12.3. The molecule has 2 aromatic heterocycles. The quantitative estimate of drug-likeness (QED) is 0.557. The van der Waals surface area contributed by atoms with E-state index in [0.717, 1.165) is 5.76 Å². The van der Waals surface area contributed by atoms with Gasteiger partial charge in [0.1, 0.15) is 12.4 Å². The van der Waals surface area contributed by atoms with Crippen molar-refractivity contribution < 1.29 is 18.7 Å². The number of hydrogen-bond donors (Lipinski definition) is 2. The Kier molecular flexibility index (Phi) is 6.92. The summed E-state index contributed by atoms with van der Waals surface area (Å²) in [4.78, 5) is 28.4. The van der Waals surface area contributed by atoms with Gasteiger partial charge in [0.05, 0.1) is 11.8 Å². The van der Waals surface area contributed by atoms with Crippen LogP contribution in [0.1, 0.15) is 32.9 Å². The fourth-order valence-corrected chi connectivity index (χ4v) is 2.48. The number of ether oxygens (including phenoxy) is 1. The zero-order valence-electron chi connectivity index (χ0n) is 15.3. The Balaban J connectivity index is 1.42. The Bertz CT molecular complexity index is 895. The molecule has 0 aliphatic carbocycles. The van der Waals surface area contributed by atoms with Gasteiger partial charge in [0.2, 0.25) is 0 Å². The lowest BCUT2D eigenvalue weighted by atomic mass is 10.1. The first-order chi connectivity index (χ1) is 13.7. The van der Waals surface area contributed by atoms with Crippen LogP contribution in [0.4, 0.5) is 5.69 Å². The number of carbonyl (C=O) groups is 2. The highest BCUT2D eigenvalue weighted by Gasteiger charge is 2.09. The molecule has 0 aliphatic rings. The molecule has 0 bridgehead atoms. The third-order valence-electron chi connectivity index (χ3n) is 3.88. The summed E-state index contributed by atoms with van der Waals surface area (Å²) in [5.41, 5.74) is 1.47. The average molecular weight is 379 g/mol. The van der Waals surface area contributed by atoms with Gasteiger partial charge in [-0.15, -0.1) is 0 Å². The van der Waals surface area contributed by atoms with E-state index >= 15 is 0 Å². The second kappa shape index (κ2) is 10.0. The van der Waals surface area contributed by atoms with Crippen LogP contribution in [-0.4, -0.2) is 29.9 Å². The second-order valence-corrected chi connectivity index (χ2v) is 6.02. The maximum atomic E-state index is 12.3. The summed E-state index contributed by atoms with van der Waals surface area (Å²) in [6.45, 7) is 1.42. The van der Waals surface area contributed by atoms with Crippen LogP contribution in [0.3, 0.4) is 0 Å². The highest BCUT2D eigenvalue weighted by atomic mass is 16.5. The largest absolute Gasteiger partial charge is 0.467 e. The molecule has 144 valence electrons. The van der Waals surface area contributed by atoms with Crippen LogP contribution in [0.5, 0.6) is 0 Å². The Morgan fingerprint density at radius 2 is 1.93 bits per heavy atom. The Morgan fingerprint density at radius 3 is 2.71 bits per heavy atom. The Hall–Kier alpha value is -3.45. The second-order valence-electron chi connectivity index (χ2n) is 6.02. The Labute approximate surface area is 162 Å². The van der Waals surface area contributed by atoms with Gasteiger partial charge in [-0.05, 0) is 48.9 Å². The molecule has 7 heteroatoms. The van der Waals surface area contributed by atoms with Crippen LogP contribution < -0.4 is 10.6 Å². The number of furan rings is 1. The van der Waals surface area contributed by atoms with Gasteiger partial charge in [0, 0.05) is 36.8 Å². The molecule has 2 amide bonds. The smallest absolute Gasteiger partial charge is 0.257 e. The lowest BCUT2D eigenvalue weighted by molar-refractivity contribution is 0.0916. The van der Waals surface area contributed by atoms with E-state index in [1.54, 1.807) is 48.9 Å². The molecule has 28 heavy (non-hydrogen) atoms. The molecule has 0 radical (unpaired) electrons. The third kappa shape index (κ3) is 5.78. The maximum Gasteiger partial charge on any atom is 0.257 e. The van der Waals surface area contributed by atoms with E-state index in [1.807, 2.05) is 12.1 Å². The topological polar surface area (TPSA) is 93.5 Å². The van der Waals surface area contributed by atoms with Gasteiger partial charge in [-0.1, -0.05) is 6.07 Å². The molecule has 0 aliphatic heterocycles. The van der Waals surface area contributed by atoms with Gasteiger partial charge in [-0.3, -0.25) is 14.6 Å². The van der Waals surface area contributed by atoms with Crippen molar-refractivity contribution in [1.29, 1.82) is 0 Å². The number of amides is 2. The van der Waals surface area contributed by atoms with Crippen molar-refractivity contribution >= 4 is 17.5 Å². The first-order valence-corrected chi connectivity index (χ1v) is 8.92. The SMILES string of the molecule is O=C(NCCCOCc1ccco1)c1cccc(NC(=O)c2cccnc2)c1. The predicted molar refractivity (Wildman–Crippen MR) is 104 cm³/mol. The lowest BCUT2D eigenvalue weighted by Gasteiger charge is -2.08. The van der Waals surface area contributed by atoms with Crippen LogP contribution in [0.15, 0.2) is 71.6 Å².